The second kappa shape index (κ2) is 10.8. The summed E-state index contributed by atoms with van der Waals surface area (Å²) in [4.78, 5) is 0. The van der Waals surface area contributed by atoms with Crippen LogP contribution in [0.5, 0.6) is 0 Å². The summed E-state index contributed by atoms with van der Waals surface area (Å²) in [7, 11) is 0. The third-order valence-corrected chi connectivity index (χ3v) is 6.41. The molecule has 16 nitrogen and oxygen atoms in total. The second-order valence-corrected chi connectivity index (χ2v) is 8.57. The lowest BCUT2D eigenvalue weighted by atomic mass is 9.83. The van der Waals surface area contributed by atoms with Gasteiger partial charge >= 0.3 is 0 Å². The Bertz CT molecular complexity index is 664. The van der Waals surface area contributed by atoms with Gasteiger partial charge in [0.25, 0.3) is 0 Å². The molecule has 0 aromatic heterocycles. The lowest BCUT2D eigenvalue weighted by Gasteiger charge is -2.53. The highest BCUT2D eigenvalue weighted by atomic mass is 16.7. The highest BCUT2D eigenvalue weighted by molar-refractivity contribution is 5.06. The molecule has 3 saturated heterocycles. The van der Waals surface area contributed by atoms with Gasteiger partial charge in [-0.1, -0.05) is 0 Å². The first kappa shape index (κ1) is 27.9. The van der Waals surface area contributed by atoms with Crippen LogP contribution in [0.2, 0.25) is 0 Å². The van der Waals surface area contributed by atoms with Gasteiger partial charge in [-0.3, -0.25) is 0 Å². The van der Waals surface area contributed by atoms with Gasteiger partial charge in [-0.15, -0.1) is 0 Å². The maximum Gasteiger partial charge on any atom is 0.225 e. The molecule has 3 fully saturated rings. The van der Waals surface area contributed by atoms with Crippen molar-refractivity contribution < 1.29 is 80.2 Å². The average molecular weight is 504 g/mol. The van der Waals surface area contributed by atoms with E-state index in [2.05, 4.69) is 0 Å². The SMILES string of the molecule is OC[C@@H]1OC(C2(O)O[C@H](CO)[C@@H](O[C@@H]3O[C@H](CO)[C@H](O)[C@H](O)[C@H]3O)[C@H](O)[C@H]2O)[C@@H](O)[C@H](O)[C@@H]1O. The number of hydrogen-bond donors (Lipinski definition) is 12. The van der Waals surface area contributed by atoms with Gasteiger partial charge in [0.05, 0.1) is 19.8 Å². The van der Waals surface area contributed by atoms with Crippen molar-refractivity contribution in [2.75, 3.05) is 19.8 Å². The summed E-state index contributed by atoms with van der Waals surface area (Å²) >= 11 is 0. The van der Waals surface area contributed by atoms with Crippen LogP contribution in [0.3, 0.4) is 0 Å². The second-order valence-electron chi connectivity index (χ2n) is 8.57. The lowest BCUT2D eigenvalue weighted by molar-refractivity contribution is -0.420. The first-order valence-electron chi connectivity index (χ1n) is 10.6. The van der Waals surface area contributed by atoms with E-state index in [4.69, 9.17) is 18.9 Å². The summed E-state index contributed by atoms with van der Waals surface area (Å²) in [6, 6.07) is 0. The smallest absolute Gasteiger partial charge is 0.225 e. The van der Waals surface area contributed by atoms with Crippen molar-refractivity contribution in [2.45, 2.75) is 91.4 Å². The Kier molecular flexibility index (Phi) is 8.85. The van der Waals surface area contributed by atoms with Gasteiger partial charge in [-0.2, -0.15) is 0 Å². The molecule has 16 heteroatoms. The number of hydrogen-bond acceptors (Lipinski definition) is 16. The number of ether oxygens (including phenoxy) is 4. The Morgan fingerprint density at radius 1 is 0.588 bits per heavy atom. The third kappa shape index (κ3) is 4.71. The van der Waals surface area contributed by atoms with Crippen LogP contribution in [0, 0.1) is 0 Å². The maximum atomic E-state index is 11.0. The molecule has 200 valence electrons. The molecule has 0 aliphatic carbocycles. The Morgan fingerprint density at radius 2 is 1.09 bits per heavy atom. The van der Waals surface area contributed by atoms with Crippen molar-refractivity contribution in [1.29, 1.82) is 0 Å². The van der Waals surface area contributed by atoms with E-state index in [0.29, 0.717) is 0 Å². The largest absolute Gasteiger partial charge is 0.394 e. The van der Waals surface area contributed by atoms with Gasteiger partial charge < -0.3 is 80.2 Å². The van der Waals surface area contributed by atoms with E-state index in [-0.39, 0.29) is 0 Å². The molecule has 0 aromatic carbocycles. The molecule has 3 rings (SSSR count). The molecule has 34 heavy (non-hydrogen) atoms. The third-order valence-electron chi connectivity index (χ3n) is 6.41. The first-order valence-corrected chi connectivity index (χ1v) is 10.6. The zero-order chi connectivity index (χ0) is 25.5. The van der Waals surface area contributed by atoms with Gasteiger partial charge in [0.1, 0.15) is 79.4 Å². The van der Waals surface area contributed by atoms with Gasteiger partial charge in [-0.05, 0) is 0 Å². The fourth-order valence-corrected chi connectivity index (χ4v) is 4.35. The maximum absolute atomic E-state index is 11.0. The van der Waals surface area contributed by atoms with Gasteiger partial charge in [-0.25, -0.2) is 0 Å². The molecule has 0 bridgehead atoms. The summed E-state index contributed by atoms with van der Waals surface area (Å²) in [5.41, 5.74) is 0. The Morgan fingerprint density at radius 3 is 1.62 bits per heavy atom. The van der Waals surface area contributed by atoms with Crippen LogP contribution in [0.25, 0.3) is 0 Å². The van der Waals surface area contributed by atoms with E-state index >= 15 is 0 Å². The van der Waals surface area contributed by atoms with Crippen molar-refractivity contribution in [3.63, 3.8) is 0 Å². The normalized spacial score (nSPS) is 54.7. The molecule has 15 atom stereocenters. The highest BCUT2D eigenvalue weighted by Crippen LogP contribution is 2.39. The van der Waals surface area contributed by atoms with Crippen molar-refractivity contribution in [2.24, 2.45) is 0 Å². The van der Waals surface area contributed by atoms with Crippen LogP contribution >= 0.6 is 0 Å². The summed E-state index contributed by atoms with van der Waals surface area (Å²) in [6.07, 6.45) is -25.9. The van der Waals surface area contributed by atoms with Crippen LogP contribution in [0.1, 0.15) is 0 Å². The van der Waals surface area contributed by atoms with Gasteiger partial charge in [0, 0.05) is 0 Å². The molecule has 0 aromatic rings. The molecule has 0 amide bonds. The van der Waals surface area contributed by atoms with Crippen molar-refractivity contribution in [3.8, 4) is 0 Å². The molecule has 0 radical (unpaired) electrons. The fourth-order valence-electron chi connectivity index (χ4n) is 4.35. The Balaban J connectivity index is 1.83. The molecule has 3 aliphatic rings. The molecule has 0 saturated carbocycles. The van der Waals surface area contributed by atoms with Crippen LogP contribution in [-0.4, -0.2) is 173 Å². The fraction of sp³-hybridized carbons (Fsp3) is 1.00. The predicted molar refractivity (Wildman–Crippen MR) is 101 cm³/mol. The molecule has 2 unspecified atom stereocenters. The lowest BCUT2D eigenvalue weighted by Crippen LogP contribution is -2.75. The minimum atomic E-state index is -3.00. The first-order chi connectivity index (χ1) is 15.9. The van der Waals surface area contributed by atoms with E-state index in [0.717, 1.165) is 0 Å². The van der Waals surface area contributed by atoms with E-state index in [1.807, 2.05) is 0 Å². The quantitative estimate of drug-likeness (QED) is 0.160. The van der Waals surface area contributed by atoms with E-state index in [9.17, 15) is 61.3 Å². The summed E-state index contributed by atoms with van der Waals surface area (Å²) in [5, 5.41) is 121. The predicted octanol–water partition coefficient (Wildman–Crippen LogP) is -8.18. The van der Waals surface area contributed by atoms with E-state index in [1.165, 1.54) is 0 Å². The molecule has 3 heterocycles. The molecular weight excluding hydrogens is 472 g/mol. The minimum Gasteiger partial charge on any atom is -0.394 e. The standard InChI is InChI=1S/C18H32O16/c19-1-4-7(22)9(24)11(26)16(31-4)18(30)15(29)13(28)14(6(3-21)34-18)33-17-12(27)10(25)8(23)5(2-20)32-17/h4-17,19-30H,1-3H2/t4-,5+,6+,7+,8-,9+,10-,11-,12+,13-,14+,15+,16?,17-,18?/m0/s1. The molecule has 0 spiro atoms. The van der Waals surface area contributed by atoms with Crippen LogP contribution < -0.4 is 0 Å². The molecule has 3 aliphatic heterocycles. The monoisotopic (exact) mass is 504 g/mol. The minimum absolute atomic E-state index is 0.780. The molecule has 12 N–H and O–H groups in total. The van der Waals surface area contributed by atoms with Gasteiger partial charge in [0.15, 0.2) is 6.29 Å². The zero-order valence-corrected chi connectivity index (χ0v) is 17.7. The van der Waals surface area contributed by atoms with Crippen molar-refractivity contribution in [1.82, 2.24) is 0 Å². The number of rotatable bonds is 6. The van der Waals surface area contributed by atoms with E-state index < -0.39 is 111 Å². The average Bonchev–Trinajstić information content (AvgIpc) is 2.82. The van der Waals surface area contributed by atoms with Crippen LogP contribution in [-0.2, 0) is 18.9 Å². The number of aliphatic hydroxyl groups excluding tert-OH is 11. The van der Waals surface area contributed by atoms with Crippen LogP contribution in [0.15, 0.2) is 0 Å². The zero-order valence-electron chi connectivity index (χ0n) is 17.7. The van der Waals surface area contributed by atoms with Crippen molar-refractivity contribution in [3.05, 3.63) is 0 Å². The number of aliphatic hydroxyl groups is 12. The highest BCUT2D eigenvalue weighted by Gasteiger charge is 2.63. The van der Waals surface area contributed by atoms with E-state index in [1.54, 1.807) is 0 Å². The summed E-state index contributed by atoms with van der Waals surface area (Å²) < 4.78 is 21.1. The Hall–Kier alpha value is -0.640. The Labute approximate surface area is 192 Å². The molecular formula is C18H32O16. The summed E-state index contributed by atoms with van der Waals surface area (Å²) in [5.74, 6) is -3.00. The summed E-state index contributed by atoms with van der Waals surface area (Å²) in [6.45, 7) is -2.62. The van der Waals surface area contributed by atoms with Crippen LogP contribution in [0.4, 0.5) is 0 Å². The van der Waals surface area contributed by atoms with Gasteiger partial charge in [0.2, 0.25) is 5.79 Å². The van der Waals surface area contributed by atoms with Crippen molar-refractivity contribution >= 4 is 0 Å². The topological polar surface area (TPSA) is 280 Å².